The highest BCUT2D eigenvalue weighted by Gasteiger charge is 2.33. The third-order valence-corrected chi connectivity index (χ3v) is 6.61. The maximum absolute atomic E-state index is 13.0. The molecule has 0 bridgehead atoms. The molecule has 2 atom stereocenters. The standard InChI is InChI=1S/C17H23FN2O4S/c18-14-5-7-16(8-6-14)25(22,23)20-9-1-3-13(12-20)17(21)19-11-15-4-2-10-24-15/h5-8,13,15H,1-4,9-12H2,(H,19,21)/t13-,15+/m0/s1. The topological polar surface area (TPSA) is 75.7 Å². The second kappa shape index (κ2) is 7.80. The third-order valence-electron chi connectivity index (χ3n) is 4.73. The zero-order valence-corrected chi connectivity index (χ0v) is 14.8. The number of ether oxygens (including phenoxy) is 1. The van der Waals surface area contributed by atoms with E-state index in [2.05, 4.69) is 5.32 Å². The number of sulfonamides is 1. The van der Waals surface area contributed by atoms with E-state index in [1.54, 1.807) is 0 Å². The molecule has 2 aliphatic rings. The van der Waals surface area contributed by atoms with E-state index in [1.807, 2.05) is 0 Å². The summed E-state index contributed by atoms with van der Waals surface area (Å²) in [7, 11) is -3.71. The van der Waals surface area contributed by atoms with Gasteiger partial charge in [-0.1, -0.05) is 0 Å². The number of halogens is 1. The summed E-state index contributed by atoms with van der Waals surface area (Å²) >= 11 is 0. The molecule has 2 fully saturated rings. The van der Waals surface area contributed by atoms with Gasteiger partial charge in [0, 0.05) is 26.2 Å². The van der Waals surface area contributed by atoms with Crippen LogP contribution in [0.25, 0.3) is 0 Å². The van der Waals surface area contributed by atoms with Crippen LogP contribution in [0, 0.1) is 11.7 Å². The van der Waals surface area contributed by atoms with E-state index in [4.69, 9.17) is 4.74 Å². The lowest BCUT2D eigenvalue weighted by Gasteiger charge is -2.31. The number of carbonyl (C=O) groups is 1. The van der Waals surface area contributed by atoms with Crippen molar-refractivity contribution in [3.05, 3.63) is 30.1 Å². The van der Waals surface area contributed by atoms with E-state index in [0.717, 1.165) is 31.6 Å². The van der Waals surface area contributed by atoms with Crippen molar-refractivity contribution in [3.63, 3.8) is 0 Å². The van der Waals surface area contributed by atoms with Crippen LogP contribution in [0.1, 0.15) is 25.7 Å². The van der Waals surface area contributed by atoms with Gasteiger partial charge in [0.15, 0.2) is 0 Å². The molecule has 0 radical (unpaired) electrons. The summed E-state index contributed by atoms with van der Waals surface area (Å²) in [6.07, 6.45) is 3.29. The molecule has 0 unspecified atom stereocenters. The van der Waals surface area contributed by atoms with Crippen LogP contribution in [0.5, 0.6) is 0 Å². The molecule has 2 saturated heterocycles. The largest absolute Gasteiger partial charge is 0.376 e. The van der Waals surface area contributed by atoms with Gasteiger partial charge in [0.2, 0.25) is 15.9 Å². The summed E-state index contributed by atoms with van der Waals surface area (Å²) in [5.41, 5.74) is 0. The highest BCUT2D eigenvalue weighted by molar-refractivity contribution is 7.89. The minimum absolute atomic E-state index is 0.0503. The fourth-order valence-electron chi connectivity index (χ4n) is 3.29. The first kappa shape index (κ1) is 18.3. The van der Waals surface area contributed by atoms with Crippen molar-refractivity contribution in [1.29, 1.82) is 0 Å². The van der Waals surface area contributed by atoms with E-state index in [0.29, 0.717) is 25.9 Å². The first-order valence-electron chi connectivity index (χ1n) is 8.62. The molecule has 0 saturated carbocycles. The average Bonchev–Trinajstić information content (AvgIpc) is 3.14. The van der Waals surface area contributed by atoms with E-state index < -0.39 is 15.8 Å². The molecule has 1 aromatic rings. The van der Waals surface area contributed by atoms with E-state index >= 15 is 0 Å². The Morgan fingerprint density at radius 2 is 2.00 bits per heavy atom. The van der Waals surface area contributed by atoms with Gasteiger partial charge in [-0.3, -0.25) is 4.79 Å². The molecule has 3 rings (SSSR count). The summed E-state index contributed by atoms with van der Waals surface area (Å²) in [4.78, 5) is 12.4. The summed E-state index contributed by atoms with van der Waals surface area (Å²) in [5.74, 6) is -0.983. The molecule has 1 amide bonds. The molecule has 1 N–H and O–H groups in total. The Morgan fingerprint density at radius 1 is 1.24 bits per heavy atom. The molecule has 0 aromatic heterocycles. The van der Waals surface area contributed by atoms with Crippen LogP contribution in [0.3, 0.4) is 0 Å². The molecular formula is C17H23FN2O4S. The molecule has 0 spiro atoms. The van der Waals surface area contributed by atoms with Gasteiger partial charge < -0.3 is 10.1 Å². The van der Waals surface area contributed by atoms with Crippen LogP contribution < -0.4 is 5.32 Å². The molecule has 2 heterocycles. The van der Waals surface area contributed by atoms with Gasteiger partial charge in [-0.2, -0.15) is 4.31 Å². The van der Waals surface area contributed by atoms with E-state index in [1.165, 1.54) is 16.4 Å². The van der Waals surface area contributed by atoms with Crippen molar-refractivity contribution in [1.82, 2.24) is 9.62 Å². The normalized spacial score (nSPS) is 25.0. The maximum Gasteiger partial charge on any atom is 0.243 e. The van der Waals surface area contributed by atoms with Gasteiger partial charge in [-0.05, 0) is 49.9 Å². The van der Waals surface area contributed by atoms with Crippen molar-refractivity contribution < 1.29 is 22.3 Å². The Bertz CT molecular complexity index is 702. The van der Waals surface area contributed by atoms with Crippen molar-refractivity contribution in [2.75, 3.05) is 26.2 Å². The Kier molecular flexibility index (Phi) is 5.71. The van der Waals surface area contributed by atoms with Gasteiger partial charge in [0.1, 0.15) is 5.82 Å². The minimum atomic E-state index is -3.71. The molecule has 138 valence electrons. The van der Waals surface area contributed by atoms with Crippen LogP contribution in [-0.2, 0) is 19.6 Å². The number of benzene rings is 1. The fraction of sp³-hybridized carbons (Fsp3) is 0.588. The van der Waals surface area contributed by atoms with Gasteiger partial charge in [0.05, 0.1) is 16.9 Å². The van der Waals surface area contributed by atoms with Crippen molar-refractivity contribution in [3.8, 4) is 0 Å². The first-order valence-corrected chi connectivity index (χ1v) is 10.1. The monoisotopic (exact) mass is 370 g/mol. The van der Waals surface area contributed by atoms with Gasteiger partial charge in [0.25, 0.3) is 0 Å². The van der Waals surface area contributed by atoms with Gasteiger partial charge in [-0.25, -0.2) is 12.8 Å². The van der Waals surface area contributed by atoms with Crippen molar-refractivity contribution in [2.45, 2.75) is 36.7 Å². The van der Waals surface area contributed by atoms with Crippen LogP contribution in [0.4, 0.5) is 4.39 Å². The second-order valence-corrected chi connectivity index (χ2v) is 8.47. The second-order valence-electron chi connectivity index (χ2n) is 6.54. The maximum atomic E-state index is 13.0. The molecule has 6 nitrogen and oxygen atoms in total. The predicted octanol–water partition coefficient (Wildman–Crippen LogP) is 1.52. The van der Waals surface area contributed by atoms with Gasteiger partial charge >= 0.3 is 0 Å². The smallest absolute Gasteiger partial charge is 0.243 e. The molecule has 1 aromatic carbocycles. The van der Waals surface area contributed by atoms with E-state index in [-0.39, 0.29) is 29.4 Å². The zero-order chi connectivity index (χ0) is 17.9. The zero-order valence-electron chi connectivity index (χ0n) is 14.0. The molecule has 8 heteroatoms. The molecule has 25 heavy (non-hydrogen) atoms. The predicted molar refractivity (Wildman–Crippen MR) is 89.9 cm³/mol. The molecule has 2 aliphatic heterocycles. The van der Waals surface area contributed by atoms with Crippen LogP contribution in [0.2, 0.25) is 0 Å². The number of amides is 1. The Morgan fingerprint density at radius 3 is 2.68 bits per heavy atom. The highest BCUT2D eigenvalue weighted by atomic mass is 32.2. The quantitative estimate of drug-likeness (QED) is 0.853. The number of hydrogen-bond acceptors (Lipinski definition) is 4. The molecule has 0 aliphatic carbocycles. The Labute approximate surface area is 147 Å². The SMILES string of the molecule is O=C(NC[C@H]1CCCO1)[C@H]1CCCN(S(=O)(=O)c2ccc(F)cc2)C1. The van der Waals surface area contributed by atoms with Gasteiger partial charge in [-0.15, -0.1) is 0 Å². The Hall–Kier alpha value is -1.51. The molecular weight excluding hydrogens is 347 g/mol. The average molecular weight is 370 g/mol. The number of rotatable bonds is 5. The number of nitrogens with one attached hydrogen (secondary N) is 1. The minimum Gasteiger partial charge on any atom is -0.376 e. The highest BCUT2D eigenvalue weighted by Crippen LogP contribution is 2.24. The van der Waals surface area contributed by atoms with Crippen LogP contribution in [0.15, 0.2) is 29.2 Å². The Balaban J connectivity index is 1.61. The lowest BCUT2D eigenvalue weighted by molar-refractivity contribution is -0.126. The summed E-state index contributed by atoms with van der Waals surface area (Å²) < 4.78 is 45.2. The summed E-state index contributed by atoms with van der Waals surface area (Å²) in [6, 6.07) is 4.77. The third kappa shape index (κ3) is 4.37. The number of piperidine rings is 1. The first-order chi connectivity index (χ1) is 12.0. The fourth-order valence-corrected chi connectivity index (χ4v) is 4.82. The van der Waals surface area contributed by atoms with Crippen LogP contribution in [-0.4, -0.2) is 51.0 Å². The number of nitrogens with zero attached hydrogens (tertiary/aromatic N) is 1. The van der Waals surface area contributed by atoms with Crippen molar-refractivity contribution >= 4 is 15.9 Å². The van der Waals surface area contributed by atoms with E-state index in [9.17, 15) is 17.6 Å². The lowest BCUT2D eigenvalue weighted by atomic mass is 9.99. The summed E-state index contributed by atoms with van der Waals surface area (Å²) in [6.45, 7) is 1.72. The van der Waals surface area contributed by atoms with Crippen molar-refractivity contribution in [2.24, 2.45) is 5.92 Å². The number of hydrogen-bond donors (Lipinski definition) is 1. The summed E-state index contributed by atoms with van der Waals surface area (Å²) in [5, 5.41) is 2.88. The van der Waals surface area contributed by atoms with Crippen LogP contribution >= 0.6 is 0 Å². The number of carbonyl (C=O) groups excluding carboxylic acids is 1. The lowest BCUT2D eigenvalue weighted by Crippen LogP contribution is -2.46.